The molecule has 1 saturated carbocycles. The summed E-state index contributed by atoms with van der Waals surface area (Å²) in [6, 6.07) is 0. The van der Waals surface area contributed by atoms with E-state index >= 15 is 0 Å². The van der Waals surface area contributed by atoms with E-state index in [1.807, 2.05) is 6.92 Å². The van der Waals surface area contributed by atoms with Crippen molar-refractivity contribution in [2.45, 2.75) is 39.8 Å². The van der Waals surface area contributed by atoms with Gasteiger partial charge in [0, 0.05) is 13.1 Å². The second-order valence-corrected chi connectivity index (χ2v) is 5.03. The number of hydrogen-bond donors (Lipinski definition) is 1. The quantitative estimate of drug-likeness (QED) is 0.892. The van der Waals surface area contributed by atoms with Gasteiger partial charge in [0.1, 0.15) is 0 Å². The molecule has 1 N–H and O–H groups in total. The monoisotopic (exact) mass is 271 g/mol. The number of aryl methyl sites for hydroxylation is 2. The minimum atomic E-state index is 0.922. The fourth-order valence-electron chi connectivity index (χ4n) is 1.75. The molecule has 1 fully saturated rings. The summed E-state index contributed by atoms with van der Waals surface area (Å²) in [6.07, 6.45) is 2.81. The summed E-state index contributed by atoms with van der Waals surface area (Å²) in [7, 11) is 0. The molecule has 1 heterocycles. The van der Waals surface area contributed by atoms with Crippen molar-refractivity contribution in [2.75, 3.05) is 6.54 Å². The first-order valence-corrected chi connectivity index (χ1v) is 6.44. The Bertz CT molecular complexity index is 342. The van der Waals surface area contributed by atoms with Crippen LogP contribution in [0.15, 0.2) is 4.47 Å². The standard InChI is InChI=1S/C11H18BrN3/c1-3-15-10(11(12)8(2)14-15)7-13-6-9-4-5-9/h9,13H,3-7H2,1-2H3. The van der Waals surface area contributed by atoms with Crippen molar-refractivity contribution in [1.82, 2.24) is 15.1 Å². The summed E-state index contributed by atoms with van der Waals surface area (Å²) in [5.41, 5.74) is 2.36. The number of nitrogens with zero attached hydrogens (tertiary/aromatic N) is 2. The number of halogens is 1. The van der Waals surface area contributed by atoms with Gasteiger partial charge in [0.2, 0.25) is 0 Å². The molecular formula is C11H18BrN3. The van der Waals surface area contributed by atoms with Crippen molar-refractivity contribution in [1.29, 1.82) is 0 Å². The van der Waals surface area contributed by atoms with Crippen molar-refractivity contribution in [3.63, 3.8) is 0 Å². The highest BCUT2D eigenvalue weighted by Crippen LogP contribution is 2.28. The van der Waals surface area contributed by atoms with Gasteiger partial charge >= 0.3 is 0 Å². The van der Waals surface area contributed by atoms with Crippen LogP contribution in [0.5, 0.6) is 0 Å². The van der Waals surface area contributed by atoms with Gasteiger partial charge < -0.3 is 5.32 Å². The highest BCUT2D eigenvalue weighted by atomic mass is 79.9. The first kappa shape index (κ1) is 11.1. The van der Waals surface area contributed by atoms with Crippen LogP contribution in [0.4, 0.5) is 0 Å². The molecule has 2 rings (SSSR count). The van der Waals surface area contributed by atoms with Crippen LogP contribution in [0.25, 0.3) is 0 Å². The normalized spacial score (nSPS) is 15.9. The maximum absolute atomic E-state index is 4.47. The van der Waals surface area contributed by atoms with Gasteiger partial charge in [-0.2, -0.15) is 5.10 Å². The molecular weight excluding hydrogens is 254 g/mol. The lowest BCUT2D eigenvalue weighted by Gasteiger charge is -2.06. The van der Waals surface area contributed by atoms with Crippen LogP contribution >= 0.6 is 15.9 Å². The maximum Gasteiger partial charge on any atom is 0.0739 e. The smallest absolute Gasteiger partial charge is 0.0739 e. The zero-order valence-electron chi connectivity index (χ0n) is 9.39. The van der Waals surface area contributed by atoms with Gasteiger partial charge in [0.25, 0.3) is 0 Å². The third-order valence-corrected chi connectivity index (χ3v) is 3.91. The first-order chi connectivity index (χ1) is 7.22. The number of nitrogens with one attached hydrogen (secondary N) is 1. The van der Waals surface area contributed by atoms with Crippen LogP contribution in [0.1, 0.15) is 31.2 Å². The van der Waals surface area contributed by atoms with Gasteiger partial charge in [-0.05, 0) is 55.1 Å². The largest absolute Gasteiger partial charge is 0.311 e. The topological polar surface area (TPSA) is 29.9 Å². The molecule has 0 spiro atoms. The second kappa shape index (κ2) is 4.66. The molecule has 1 aromatic heterocycles. The number of rotatable bonds is 5. The average molecular weight is 272 g/mol. The van der Waals surface area contributed by atoms with E-state index in [9.17, 15) is 0 Å². The number of aromatic nitrogens is 2. The van der Waals surface area contributed by atoms with Crippen molar-refractivity contribution >= 4 is 15.9 Å². The van der Waals surface area contributed by atoms with Crippen LogP contribution in [0.2, 0.25) is 0 Å². The van der Waals surface area contributed by atoms with Crippen LogP contribution in [-0.2, 0) is 13.1 Å². The van der Waals surface area contributed by atoms with Gasteiger partial charge in [-0.25, -0.2) is 0 Å². The highest BCUT2D eigenvalue weighted by Gasteiger charge is 2.21. The molecule has 1 aliphatic rings. The van der Waals surface area contributed by atoms with Gasteiger partial charge in [-0.1, -0.05) is 0 Å². The fourth-order valence-corrected chi connectivity index (χ4v) is 2.18. The summed E-state index contributed by atoms with van der Waals surface area (Å²) in [4.78, 5) is 0. The maximum atomic E-state index is 4.47. The predicted molar refractivity (Wildman–Crippen MR) is 64.8 cm³/mol. The molecule has 1 aromatic rings. The lowest BCUT2D eigenvalue weighted by molar-refractivity contribution is 0.565. The summed E-state index contributed by atoms with van der Waals surface area (Å²) < 4.78 is 3.23. The molecule has 1 aliphatic carbocycles. The SMILES string of the molecule is CCn1nc(C)c(Br)c1CNCC1CC1. The molecule has 0 unspecified atom stereocenters. The molecule has 84 valence electrons. The van der Waals surface area contributed by atoms with E-state index in [0.717, 1.165) is 35.7 Å². The van der Waals surface area contributed by atoms with Gasteiger partial charge in [0.15, 0.2) is 0 Å². The fraction of sp³-hybridized carbons (Fsp3) is 0.727. The minimum absolute atomic E-state index is 0.922. The van der Waals surface area contributed by atoms with E-state index in [-0.39, 0.29) is 0 Å². The summed E-state index contributed by atoms with van der Waals surface area (Å²) in [5.74, 6) is 0.933. The van der Waals surface area contributed by atoms with Crippen molar-refractivity contribution in [3.8, 4) is 0 Å². The Balaban J connectivity index is 1.97. The van der Waals surface area contributed by atoms with Crippen molar-refractivity contribution in [2.24, 2.45) is 5.92 Å². The third kappa shape index (κ3) is 2.61. The van der Waals surface area contributed by atoms with Crippen LogP contribution < -0.4 is 5.32 Å². The summed E-state index contributed by atoms with van der Waals surface area (Å²) in [6.45, 7) is 7.18. The minimum Gasteiger partial charge on any atom is -0.311 e. The van der Waals surface area contributed by atoms with E-state index in [4.69, 9.17) is 0 Å². The summed E-state index contributed by atoms with van der Waals surface area (Å²) >= 11 is 3.60. The zero-order chi connectivity index (χ0) is 10.8. The highest BCUT2D eigenvalue weighted by molar-refractivity contribution is 9.10. The van der Waals surface area contributed by atoms with Crippen molar-refractivity contribution in [3.05, 3.63) is 15.9 Å². The van der Waals surface area contributed by atoms with E-state index in [0.29, 0.717) is 0 Å². The van der Waals surface area contributed by atoms with E-state index < -0.39 is 0 Å². The lowest BCUT2D eigenvalue weighted by Crippen LogP contribution is -2.19. The van der Waals surface area contributed by atoms with E-state index in [2.05, 4.69) is 38.0 Å². The van der Waals surface area contributed by atoms with Crippen LogP contribution in [-0.4, -0.2) is 16.3 Å². The predicted octanol–water partition coefficient (Wildman–Crippen LogP) is 2.47. The third-order valence-electron chi connectivity index (χ3n) is 2.88. The number of hydrogen-bond acceptors (Lipinski definition) is 2. The van der Waals surface area contributed by atoms with Gasteiger partial charge in [-0.15, -0.1) is 0 Å². The Kier molecular flexibility index (Phi) is 3.46. The molecule has 3 nitrogen and oxygen atoms in total. The Labute approximate surface area is 99.4 Å². The molecule has 0 saturated heterocycles. The lowest BCUT2D eigenvalue weighted by atomic mass is 10.3. The average Bonchev–Trinajstić information content (AvgIpc) is 3.00. The Hall–Kier alpha value is -0.350. The Morgan fingerprint density at radius 3 is 2.87 bits per heavy atom. The second-order valence-electron chi connectivity index (χ2n) is 4.24. The first-order valence-electron chi connectivity index (χ1n) is 5.64. The van der Waals surface area contributed by atoms with Gasteiger partial charge in [0.05, 0.1) is 15.9 Å². The Morgan fingerprint density at radius 1 is 1.53 bits per heavy atom. The Morgan fingerprint density at radius 2 is 2.27 bits per heavy atom. The molecule has 4 heteroatoms. The molecule has 0 radical (unpaired) electrons. The molecule has 0 amide bonds. The molecule has 0 aromatic carbocycles. The van der Waals surface area contributed by atoms with Crippen LogP contribution in [0.3, 0.4) is 0 Å². The molecule has 0 bridgehead atoms. The van der Waals surface area contributed by atoms with E-state index in [1.165, 1.54) is 18.5 Å². The molecule has 15 heavy (non-hydrogen) atoms. The van der Waals surface area contributed by atoms with Gasteiger partial charge in [-0.3, -0.25) is 4.68 Å². The molecule has 0 aliphatic heterocycles. The summed E-state index contributed by atoms with van der Waals surface area (Å²) in [5, 5.41) is 7.97. The van der Waals surface area contributed by atoms with Crippen molar-refractivity contribution < 1.29 is 0 Å². The molecule has 0 atom stereocenters. The zero-order valence-corrected chi connectivity index (χ0v) is 11.0. The van der Waals surface area contributed by atoms with Crippen LogP contribution in [0, 0.1) is 12.8 Å². The van der Waals surface area contributed by atoms with E-state index in [1.54, 1.807) is 0 Å².